The van der Waals surface area contributed by atoms with E-state index >= 15 is 0 Å². The summed E-state index contributed by atoms with van der Waals surface area (Å²) < 4.78 is 0. The Balaban J connectivity index is 2.04. The van der Waals surface area contributed by atoms with Gasteiger partial charge in [-0.25, -0.2) is 0 Å². The fourth-order valence-electron chi connectivity index (χ4n) is 4.59. The van der Waals surface area contributed by atoms with Crippen molar-refractivity contribution in [3.8, 4) is 0 Å². The fraction of sp³-hybridized carbons (Fsp3) is 0.625. The van der Waals surface area contributed by atoms with E-state index in [1.807, 2.05) is 11.1 Å². The van der Waals surface area contributed by atoms with Crippen LogP contribution >= 0.6 is 0 Å². The molecule has 0 heteroatoms. The third-order valence-corrected chi connectivity index (χ3v) is 5.25. The van der Waals surface area contributed by atoms with Gasteiger partial charge in [-0.15, -0.1) is 0 Å². The standard InChI is InChI=1S/C16H20/c1-10-9-13-4-2-3-11-5-6-12-7-8-14(10)16(12)15(11)13/h9,11-12H,2-8H2,1H3. The molecule has 2 unspecified atom stereocenters. The zero-order chi connectivity index (χ0) is 10.7. The van der Waals surface area contributed by atoms with Crippen LogP contribution in [0.15, 0.2) is 6.07 Å². The van der Waals surface area contributed by atoms with E-state index in [1.54, 1.807) is 16.7 Å². The second-order valence-electron chi connectivity index (χ2n) is 6.06. The van der Waals surface area contributed by atoms with Gasteiger partial charge >= 0.3 is 0 Å². The summed E-state index contributed by atoms with van der Waals surface area (Å²) >= 11 is 0. The van der Waals surface area contributed by atoms with Crippen molar-refractivity contribution in [1.29, 1.82) is 0 Å². The minimum absolute atomic E-state index is 0.937. The van der Waals surface area contributed by atoms with Crippen molar-refractivity contribution in [2.75, 3.05) is 0 Å². The van der Waals surface area contributed by atoms with Crippen molar-refractivity contribution >= 4 is 0 Å². The van der Waals surface area contributed by atoms with Gasteiger partial charge < -0.3 is 0 Å². The van der Waals surface area contributed by atoms with E-state index in [0.29, 0.717) is 0 Å². The highest BCUT2D eigenvalue weighted by Crippen LogP contribution is 2.52. The minimum atomic E-state index is 0.937. The molecule has 0 amide bonds. The summed E-state index contributed by atoms with van der Waals surface area (Å²) in [4.78, 5) is 0. The molecule has 0 nitrogen and oxygen atoms in total. The van der Waals surface area contributed by atoms with Crippen LogP contribution in [-0.2, 0) is 12.8 Å². The van der Waals surface area contributed by atoms with Gasteiger partial charge in [-0.1, -0.05) is 6.07 Å². The molecule has 0 spiro atoms. The van der Waals surface area contributed by atoms with Gasteiger partial charge in [0.2, 0.25) is 0 Å². The van der Waals surface area contributed by atoms with Gasteiger partial charge in [0.05, 0.1) is 0 Å². The molecule has 0 saturated carbocycles. The molecule has 0 saturated heterocycles. The van der Waals surface area contributed by atoms with Crippen molar-refractivity contribution < 1.29 is 0 Å². The second-order valence-corrected chi connectivity index (χ2v) is 6.06. The van der Waals surface area contributed by atoms with Crippen molar-refractivity contribution in [2.24, 2.45) is 0 Å². The monoisotopic (exact) mass is 212 g/mol. The fourth-order valence-corrected chi connectivity index (χ4v) is 4.59. The van der Waals surface area contributed by atoms with Crippen LogP contribution in [0.1, 0.15) is 71.8 Å². The van der Waals surface area contributed by atoms with Crippen LogP contribution in [0.4, 0.5) is 0 Å². The molecule has 0 radical (unpaired) electrons. The molecule has 84 valence electrons. The Morgan fingerprint density at radius 2 is 1.75 bits per heavy atom. The molecule has 0 aliphatic heterocycles. The zero-order valence-corrected chi connectivity index (χ0v) is 10.2. The number of rotatable bonds is 0. The average Bonchev–Trinajstić information content (AvgIpc) is 2.73. The molecule has 1 aromatic rings. The topological polar surface area (TPSA) is 0 Å². The highest BCUT2D eigenvalue weighted by Gasteiger charge is 2.36. The normalized spacial score (nSPS) is 30.3. The molecule has 0 bridgehead atoms. The first-order valence-electron chi connectivity index (χ1n) is 6.99. The Kier molecular flexibility index (Phi) is 1.81. The lowest BCUT2D eigenvalue weighted by Gasteiger charge is -2.35. The summed E-state index contributed by atoms with van der Waals surface area (Å²) in [5.74, 6) is 1.88. The predicted octanol–water partition coefficient (Wildman–Crippen LogP) is 4.24. The minimum Gasteiger partial charge on any atom is -0.0555 e. The Bertz CT molecular complexity index is 456. The quantitative estimate of drug-likeness (QED) is 0.603. The highest BCUT2D eigenvalue weighted by molar-refractivity contribution is 5.53. The van der Waals surface area contributed by atoms with Gasteiger partial charge in [-0.3, -0.25) is 0 Å². The van der Waals surface area contributed by atoms with Gasteiger partial charge in [-0.05, 0) is 91.5 Å². The van der Waals surface area contributed by atoms with Crippen LogP contribution in [0.25, 0.3) is 0 Å². The van der Waals surface area contributed by atoms with E-state index in [1.165, 1.54) is 44.9 Å². The summed E-state index contributed by atoms with van der Waals surface area (Å²) in [5.41, 5.74) is 8.74. The van der Waals surface area contributed by atoms with Gasteiger partial charge in [0.15, 0.2) is 0 Å². The zero-order valence-electron chi connectivity index (χ0n) is 10.2. The van der Waals surface area contributed by atoms with E-state index in [4.69, 9.17) is 0 Å². The van der Waals surface area contributed by atoms with Crippen LogP contribution in [-0.4, -0.2) is 0 Å². The summed E-state index contributed by atoms with van der Waals surface area (Å²) in [6.45, 7) is 2.34. The van der Waals surface area contributed by atoms with E-state index in [0.717, 1.165) is 11.8 Å². The maximum Gasteiger partial charge on any atom is -0.0153 e. The number of benzene rings is 1. The summed E-state index contributed by atoms with van der Waals surface area (Å²) in [7, 11) is 0. The molecule has 16 heavy (non-hydrogen) atoms. The largest absolute Gasteiger partial charge is 0.0555 e. The SMILES string of the molecule is Cc1cc2c3c4c1CCC4CCC3CCC2. The molecular formula is C16H20. The predicted molar refractivity (Wildman–Crippen MR) is 67.2 cm³/mol. The van der Waals surface area contributed by atoms with Gasteiger partial charge in [-0.2, -0.15) is 0 Å². The lowest BCUT2D eigenvalue weighted by molar-refractivity contribution is 0.436. The first-order chi connectivity index (χ1) is 7.84. The molecule has 4 rings (SSSR count). The first kappa shape index (κ1) is 9.27. The molecular weight excluding hydrogens is 192 g/mol. The molecule has 1 aromatic carbocycles. The van der Waals surface area contributed by atoms with Crippen molar-refractivity contribution in [3.63, 3.8) is 0 Å². The number of hydrogen-bond donors (Lipinski definition) is 0. The Morgan fingerprint density at radius 1 is 0.938 bits per heavy atom. The maximum absolute atomic E-state index is 2.52. The molecule has 0 N–H and O–H groups in total. The Morgan fingerprint density at radius 3 is 2.62 bits per heavy atom. The molecule has 0 heterocycles. The Hall–Kier alpha value is -0.780. The van der Waals surface area contributed by atoms with E-state index in [2.05, 4.69) is 13.0 Å². The van der Waals surface area contributed by atoms with Gasteiger partial charge in [0, 0.05) is 0 Å². The van der Waals surface area contributed by atoms with Gasteiger partial charge in [0.25, 0.3) is 0 Å². The molecule has 3 aliphatic rings. The van der Waals surface area contributed by atoms with E-state index in [9.17, 15) is 0 Å². The van der Waals surface area contributed by atoms with Gasteiger partial charge in [0.1, 0.15) is 0 Å². The van der Waals surface area contributed by atoms with E-state index in [-0.39, 0.29) is 0 Å². The molecule has 2 atom stereocenters. The highest BCUT2D eigenvalue weighted by atomic mass is 14.4. The molecule has 3 aliphatic carbocycles. The lowest BCUT2D eigenvalue weighted by Crippen LogP contribution is -2.19. The summed E-state index contributed by atoms with van der Waals surface area (Å²) in [6, 6.07) is 2.52. The van der Waals surface area contributed by atoms with Crippen LogP contribution in [0.5, 0.6) is 0 Å². The van der Waals surface area contributed by atoms with Crippen LogP contribution < -0.4 is 0 Å². The van der Waals surface area contributed by atoms with Crippen molar-refractivity contribution in [1.82, 2.24) is 0 Å². The van der Waals surface area contributed by atoms with E-state index < -0.39 is 0 Å². The third-order valence-electron chi connectivity index (χ3n) is 5.25. The third kappa shape index (κ3) is 1.06. The summed E-state index contributed by atoms with van der Waals surface area (Å²) in [6.07, 6.45) is 10.0. The number of aryl methyl sites for hydroxylation is 2. The number of hydrogen-bond acceptors (Lipinski definition) is 0. The second kappa shape index (κ2) is 3.12. The van der Waals surface area contributed by atoms with Crippen LogP contribution in [0.3, 0.4) is 0 Å². The average molecular weight is 212 g/mol. The smallest absolute Gasteiger partial charge is 0.0153 e. The van der Waals surface area contributed by atoms with Crippen molar-refractivity contribution in [2.45, 2.75) is 63.7 Å². The lowest BCUT2D eigenvalue weighted by atomic mass is 9.70. The molecule has 0 aromatic heterocycles. The first-order valence-corrected chi connectivity index (χ1v) is 6.99. The van der Waals surface area contributed by atoms with Crippen molar-refractivity contribution in [3.05, 3.63) is 33.9 Å². The molecule has 0 fully saturated rings. The summed E-state index contributed by atoms with van der Waals surface area (Å²) in [5, 5.41) is 0. The van der Waals surface area contributed by atoms with Crippen LogP contribution in [0.2, 0.25) is 0 Å². The Labute approximate surface area is 98.1 Å². The van der Waals surface area contributed by atoms with Crippen LogP contribution in [0, 0.1) is 6.92 Å². The maximum atomic E-state index is 2.52.